The highest BCUT2D eigenvalue weighted by atomic mass is 16.5. The lowest BCUT2D eigenvalue weighted by Gasteiger charge is -2.25. The molecule has 0 spiro atoms. The van der Waals surface area contributed by atoms with Crippen molar-refractivity contribution in [1.82, 2.24) is 4.90 Å². The van der Waals surface area contributed by atoms with Crippen molar-refractivity contribution in [2.45, 2.75) is 19.0 Å². The number of nitrogens with zero attached hydrogens (tertiary/aromatic N) is 1. The molecule has 0 aliphatic carbocycles. The first-order valence-electron chi connectivity index (χ1n) is 6.44. The van der Waals surface area contributed by atoms with Crippen LogP contribution in [0.3, 0.4) is 0 Å². The molecule has 100 valence electrons. The van der Waals surface area contributed by atoms with Crippen LogP contribution < -0.4 is 5.73 Å². The predicted molar refractivity (Wildman–Crippen MR) is 67.9 cm³/mol. The smallest absolute Gasteiger partial charge is 0.244 e. The standard InChI is InChI=1S/C14H16N2O3/c15-13(17)12-11-4-2-1-3-9(11)7-16(12)14(18)10-5-6-19-8-10/h1-4,10,12H,5-8H2,(H2,15,17). The van der Waals surface area contributed by atoms with Crippen LogP contribution in [0.5, 0.6) is 0 Å². The maximum Gasteiger partial charge on any atom is 0.244 e. The largest absolute Gasteiger partial charge is 0.381 e. The Hall–Kier alpha value is -1.88. The number of carbonyl (C=O) groups is 2. The SMILES string of the molecule is NC(=O)C1c2ccccc2CN1C(=O)C1CCOC1. The third kappa shape index (κ3) is 2.00. The van der Waals surface area contributed by atoms with Crippen LogP contribution >= 0.6 is 0 Å². The van der Waals surface area contributed by atoms with E-state index in [0.717, 1.165) is 17.5 Å². The fourth-order valence-corrected chi connectivity index (χ4v) is 2.86. The number of hydrogen-bond donors (Lipinski definition) is 1. The summed E-state index contributed by atoms with van der Waals surface area (Å²) in [5.41, 5.74) is 7.32. The minimum atomic E-state index is -0.635. The number of carbonyl (C=O) groups excluding carboxylic acids is 2. The molecule has 2 aliphatic heterocycles. The van der Waals surface area contributed by atoms with Gasteiger partial charge in [0.25, 0.3) is 0 Å². The van der Waals surface area contributed by atoms with Crippen LogP contribution in [-0.4, -0.2) is 29.9 Å². The fourth-order valence-electron chi connectivity index (χ4n) is 2.86. The van der Waals surface area contributed by atoms with Gasteiger partial charge in [0.05, 0.1) is 12.5 Å². The molecule has 2 unspecified atom stereocenters. The second-order valence-electron chi connectivity index (χ2n) is 5.03. The lowest BCUT2D eigenvalue weighted by atomic mass is 10.0. The quantitative estimate of drug-likeness (QED) is 0.846. The molecular weight excluding hydrogens is 244 g/mol. The summed E-state index contributed by atoms with van der Waals surface area (Å²) >= 11 is 0. The Bertz CT molecular complexity index is 523. The predicted octanol–water partition coefficient (Wildman–Crippen LogP) is 0.592. The van der Waals surface area contributed by atoms with E-state index < -0.39 is 11.9 Å². The highest BCUT2D eigenvalue weighted by Gasteiger charge is 2.40. The molecule has 2 N–H and O–H groups in total. The van der Waals surface area contributed by atoms with Gasteiger partial charge in [-0.1, -0.05) is 24.3 Å². The summed E-state index contributed by atoms with van der Waals surface area (Å²) in [7, 11) is 0. The number of rotatable bonds is 2. The molecule has 0 saturated carbocycles. The zero-order chi connectivity index (χ0) is 13.4. The number of amides is 2. The summed E-state index contributed by atoms with van der Waals surface area (Å²) in [6, 6.07) is 6.93. The Morgan fingerprint density at radius 2 is 2.11 bits per heavy atom. The van der Waals surface area contributed by atoms with E-state index in [-0.39, 0.29) is 11.8 Å². The van der Waals surface area contributed by atoms with Crippen molar-refractivity contribution in [1.29, 1.82) is 0 Å². The topological polar surface area (TPSA) is 72.6 Å². The van der Waals surface area contributed by atoms with E-state index in [1.54, 1.807) is 4.90 Å². The monoisotopic (exact) mass is 260 g/mol. The van der Waals surface area contributed by atoms with Crippen LogP contribution in [0.4, 0.5) is 0 Å². The van der Waals surface area contributed by atoms with Gasteiger partial charge in [-0.15, -0.1) is 0 Å². The molecule has 0 aromatic heterocycles. The molecule has 5 heteroatoms. The average molecular weight is 260 g/mol. The van der Waals surface area contributed by atoms with Gasteiger partial charge in [0, 0.05) is 13.2 Å². The van der Waals surface area contributed by atoms with Crippen molar-refractivity contribution in [2.75, 3.05) is 13.2 Å². The molecule has 0 radical (unpaired) electrons. The number of primary amides is 1. The Labute approximate surface area is 111 Å². The van der Waals surface area contributed by atoms with E-state index in [9.17, 15) is 9.59 Å². The molecule has 1 aromatic rings. The van der Waals surface area contributed by atoms with Crippen molar-refractivity contribution >= 4 is 11.8 Å². The van der Waals surface area contributed by atoms with Gasteiger partial charge < -0.3 is 15.4 Å². The molecule has 1 saturated heterocycles. The number of fused-ring (bicyclic) bond motifs is 1. The summed E-state index contributed by atoms with van der Waals surface area (Å²) in [6.45, 7) is 1.51. The molecule has 19 heavy (non-hydrogen) atoms. The van der Waals surface area contributed by atoms with E-state index in [1.165, 1.54) is 0 Å². The Morgan fingerprint density at radius 1 is 1.32 bits per heavy atom. The molecule has 5 nitrogen and oxygen atoms in total. The number of nitrogens with two attached hydrogens (primary N) is 1. The maximum atomic E-state index is 12.5. The summed E-state index contributed by atoms with van der Waals surface area (Å²) in [5.74, 6) is -0.647. The van der Waals surface area contributed by atoms with Crippen LogP contribution in [0.15, 0.2) is 24.3 Å². The Balaban J connectivity index is 1.90. The first kappa shape index (κ1) is 12.2. The molecule has 2 amide bonds. The van der Waals surface area contributed by atoms with E-state index >= 15 is 0 Å². The molecular formula is C14H16N2O3. The van der Waals surface area contributed by atoms with E-state index in [1.807, 2.05) is 24.3 Å². The normalized spacial score (nSPS) is 25.4. The third-order valence-corrected chi connectivity index (χ3v) is 3.83. The first-order valence-corrected chi connectivity index (χ1v) is 6.44. The van der Waals surface area contributed by atoms with Crippen molar-refractivity contribution in [3.8, 4) is 0 Å². The van der Waals surface area contributed by atoms with Gasteiger partial charge in [0.1, 0.15) is 6.04 Å². The molecule has 2 aliphatic rings. The van der Waals surface area contributed by atoms with Crippen LogP contribution in [0.2, 0.25) is 0 Å². The zero-order valence-electron chi connectivity index (χ0n) is 10.5. The minimum absolute atomic E-state index is 0.0301. The molecule has 2 heterocycles. The lowest BCUT2D eigenvalue weighted by molar-refractivity contribution is -0.142. The van der Waals surface area contributed by atoms with Crippen molar-refractivity contribution in [2.24, 2.45) is 11.7 Å². The van der Waals surface area contributed by atoms with Crippen LogP contribution in [0, 0.1) is 5.92 Å². The van der Waals surface area contributed by atoms with Gasteiger partial charge in [-0.25, -0.2) is 0 Å². The highest BCUT2D eigenvalue weighted by molar-refractivity contribution is 5.90. The minimum Gasteiger partial charge on any atom is -0.381 e. The summed E-state index contributed by atoms with van der Waals surface area (Å²) in [6.07, 6.45) is 0.719. The fraction of sp³-hybridized carbons (Fsp3) is 0.429. The first-order chi connectivity index (χ1) is 9.18. The van der Waals surface area contributed by atoms with Crippen molar-refractivity contribution in [3.63, 3.8) is 0 Å². The van der Waals surface area contributed by atoms with Gasteiger partial charge in [-0.3, -0.25) is 9.59 Å². The molecule has 2 atom stereocenters. The van der Waals surface area contributed by atoms with E-state index in [4.69, 9.17) is 10.5 Å². The van der Waals surface area contributed by atoms with Gasteiger partial charge in [-0.05, 0) is 17.5 Å². The molecule has 1 aromatic carbocycles. The molecule has 1 fully saturated rings. The van der Waals surface area contributed by atoms with Crippen molar-refractivity contribution < 1.29 is 14.3 Å². The number of benzene rings is 1. The average Bonchev–Trinajstić information content (AvgIpc) is 3.04. The zero-order valence-corrected chi connectivity index (χ0v) is 10.5. The number of hydrogen-bond acceptors (Lipinski definition) is 3. The van der Waals surface area contributed by atoms with Gasteiger partial charge in [0.2, 0.25) is 11.8 Å². The van der Waals surface area contributed by atoms with Crippen LogP contribution in [-0.2, 0) is 20.9 Å². The molecule has 3 rings (SSSR count). The second-order valence-corrected chi connectivity index (χ2v) is 5.03. The maximum absolute atomic E-state index is 12.5. The van der Waals surface area contributed by atoms with Gasteiger partial charge >= 0.3 is 0 Å². The lowest BCUT2D eigenvalue weighted by Crippen LogP contribution is -2.40. The molecule has 0 bridgehead atoms. The van der Waals surface area contributed by atoms with Gasteiger partial charge in [0.15, 0.2) is 0 Å². The van der Waals surface area contributed by atoms with Crippen LogP contribution in [0.1, 0.15) is 23.6 Å². The number of ether oxygens (including phenoxy) is 1. The Morgan fingerprint density at radius 3 is 2.79 bits per heavy atom. The van der Waals surface area contributed by atoms with E-state index in [0.29, 0.717) is 19.8 Å². The summed E-state index contributed by atoms with van der Waals surface area (Å²) in [5, 5.41) is 0. The summed E-state index contributed by atoms with van der Waals surface area (Å²) < 4.78 is 5.25. The summed E-state index contributed by atoms with van der Waals surface area (Å²) in [4.78, 5) is 25.7. The third-order valence-electron chi connectivity index (χ3n) is 3.83. The second kappa shape index (κ2) is 4.66. The Kier molecular flexibility index (Phi) is 2.98. The van der Waals surface area contributed by atoms with Crippen LogP contribution in [0.25, 0.3) is 0 Å². The highest BCUT2D eigenvalue weighted by Crippen LogP contribution is 2.35. The van der Waals surface area contributed by atoms with Gasteiger partial charge in [-0.2, -0.15) is 0 Å². The van der Waals surface area contributed by atoms with E-state index in [2.05, 4.69) is 0 Å². The van der Waals surface area contributed by atoms with Crippen molar-refractivity contribution in [3.05, 3.63) is 35.4 Å².